The Morgan fingerprint density at radius 2 is 2.16 bits per heavy atom. The van der Waals surface area contributed by atoms with Crippen molar-refractivity contribution in [3.63, 3.8) is 0 Å². The number of phenols is 1. The third-order valence-corrected chi connectivity index (χ3v) is 2.96. The Hall–Kier alpha value is -2.24. The number of aromatic hydroxyl groups is 1. The van der Waals surface area contributed by atoms with Crippen molar-refractivity contribution in [2.45, 2.75) is 13.8 Å². The summed E-state index contributed by atoms with van der Waals surface area (Å²) in [5.41, 5.74) is 6.61. The molecule has 0 radical (unpaired) electrons. The molecule has 0 fully saturated rings. The highest BCUT2D eigenvalue weighted by molar-refractivity contribution is 5.94. The Labute approximate surface area is 112 Å². The van der Waals surface area contributed by atoms with E-state index < -0.39 is 0 Å². The fourth-order valence-corrected chi connectivity index (χ4v) is 1.69. The largest absolute Gasteiger partial charge is 0.508 e. The quantitative estimate of drug-likeness (QED) is 0.329. The van der Waals surface area contributed by atoms with Crippen LogP contribution in [0.15, 0.2) is 23.4 Å². The SMILES string of the molecule is Cc1cc(C(=O)N(C)CC(C)/C(N)=N/O)ccc1O. The van der Waals surface area contributed by atoms with E-state index in [9.17, 15) is 9.90 Å². The molecule has 1 rings (SSSR count). The van der Waals surface area contributed by atoms with Crippen molar-refractivity contribution < 1.29 is 15.1 Å². The minimum atomic E-state index is -0.239. The van der Waals surface area contributed by atoms with E-state index in [0.29, 0.717) is 17.7 Å². The number of aryl methyl sites for hydroxylation is 1. The van der Waals surface area contributed by atoms with Crippen LogP contribution in [-0.2, 0) is 0 Å². The first kappa shape index (κ1) is 14.8. The molecule has 0 bridgehead atoms. The van der Waals surface area contributed by atoms with Gasteiger partial charge in [-0.2, -0.15) is 0 Å². The summed E-state index contributed by atoms with van der Waals surface area (Å²) in [7, 11) is 1.64. The number of oxime groups is 1. The van der Waals surface area contributed by atoms with Crippen molar-refractivity contribution in [3.8, 4) is 5.75 Å². The van der Waals surface area contributed by atoms with Gasteiger partial charge in [0.1, 0.15) is 11.6 Å². The van der Waals surface area contributed by atoms with Crippen LogP contribution in [0.2, 0.25) is 0 Å². The van der Waals surface area contributed by atoms with Crippen LogP contribution in [0.1, 0.15) is 22.8 Å². The Morgan fingerprint density at radius 1 is 1.53 bits per heavy atom. The van der Waals surface area contributed by atoms with Crippen LogP contribution in [0.5, 0.6) is 5.75 Å². The van der Waals surface area contributed by atoms with E-state index in [1.165, 1.54) is 11.0 Å². The zero-order valence-electron chi connectivity index (χ0n) is 11.3. The molecule has 0 saturated carbocycles. The third-order valence-electron chi connectivity index (χ3n) is 2.96. The zero-order valence-corrected chi connectivity index (χ0v) is 11.3. The molecule has 19 heavy (non-hydrogen) atoms. The fraction of sp³-hybridized carbons (Fsp3) is 0.385. The van der Waals surface area contributed by atoms with Gasteiger partial charge in [0, 0.05) is 25.1 Å². The molecule has 6 heteroatoms. The molecular formula is C13H19N3O3. The van der Waals surface area contributed by atoms with Crippen LogP contribution in [0.4, 0.5) is 0 Å². The molecular weight excluding hydrogens is 246 g/mol. The molecule has 6 nitrogen and oxygen atoms in total. The standard InChI is InChI=1S/C13H19N3O3/c1-8-6-10(4-5-11(8)17)13(18)16(3)7-9(2)12(14)15-19/h4-6,9,17,19H,7H2,1-3H3,(H2,14,15). The lowest BCUT2D eigenvalue weighted by Crippen LogP contribution is -2.36. The summed E-state index contributed by atoms with van der Waals surface area (Å²) in [5, 5.41) is 20.9. The van der Waals surface area contributed by atoms with Crippen molar-refractivity contribution in [2.24, 2.45) is 16.8 Å². The lowest BCUT2D eigenvalue weighted by molar-refractivity contribution is 0.0786. The Bertz CT molecular complexity index is 500. The molecule has 4 N–H and O–H groups in total. The van der Waals surface area contributed by atoms with E-state index in [1.807, 2.05) is 0 Å². The van der Waals surface area contributed by atoms with Gasteiger partial charge in [0.05, 0.1) is 0 Å². The van der Waals surface area contributed by atoms with E-state index in [2.05, 4.69) is 5.16 Å². The van der Waals surface area contributed by atoms with E-state index in [1.54, 1.807) is 33.0 Å². The Morgan fingerprint density at radius 3 is 2.68 bits per heavy atom. The van der Waals surface area contributed by atoms with Gasteiger partial charge < -0.3 is 20.9 Å². The number of rotatable bonds is 4. The second-order valence-electron chi connectivity index (χ2n) is 4.61. The molecule has 1 unspecified atom stereocenters. The highest BCUT2D eigenvalue weighted by atomic mass is 16.4. The average molecular weight is 265 g/mol. The summed E-state index contributed by atoms with van der Waals surface area (Å²) in [6.07, 6.45) is 0. The van der Waals surface area contributed by atoms with Crippen molar-refractivity contribution in [1.29, 1.82) is 0 Å². The summed E-state index contributed by atoms with van der Waals surface area (Å²) in [6, 6.07) is 4.68. The maximum atomic E-state index is 12.2. The van der Waals surface area contributed by atoms with Gasteiger partial charge in [0.25, 0.3) is 5.91 Å². The number of carbonyl (C=O) groups is 1. The number of nitrogens with two attached hydrogens (primary N) is 1. The Balaban J connectivity index is 2.79. The topological polar surface area (TPSA) is 99.2 Å². The van der Waals surface area contributed by atoms with Crippen LogP contribution >= 0.6 is 0 Å². The smallest absolute Gasteiger partial charge is 0.253 e. The molecule has 104 valence electrons. The molecule has 0 aromatic heterocycles. The van der Waals surface area contributed by atoms with Crippen molar-refractivity contribution in [1.82, 2.24) is 4.90 Å². The second-order valence-corrected chi connectivity index (χ2v) is 4.61. The molecule has 0 aliphatic rings. The van der Waals surface area contributed by atoms with Gasteiger partial charge in [-0.15, -0.1) is 0 Å². The molecule has 0 saturated heterocycles. The monoisotopic (exact) mass is 265 g/mol. The van der Waals surface area contributed by atoms with Crippen LogP contribution in [0.3, 0.4) is 0 Å². The highest BCUT2D eigenvalue weighted by Gasteiger charge is 2.17. The minimum absolute atomic E-state index is 0.0848. The van der Waals surface area contributed by atoms with Crippen LogP contribution in [0, 0.1) is 12.8 Å². The van der Waals surface area contributed by atoms with E-state index in [-0.39, 0.29) is 23.4 Å². The lowest BCUT2D eigenvalue weighted by Gasteiger charge is -2.21. The normalized spacial score (nSPS) is 13.1. The van der Waals surface area contributed by atoms with Gasteiger partial charge in [-0.3, -0.25) is 4.79 Å². The molecule has 1 aromatic carbocycles. The number of phenolic OH excluding ortho intramolecular Hbond substituents is 1. The summed E-state index contributed by atoms with van der Waals surface area (Å²) in [5.74, 6) is -0.177. The van der Waals surface area contributed by atoms with Gasteiger partial charge in [0.2, 0.25) is 0 Å². The average Bonchev–Trinajstić information content (AvgIpc) is 2.39. The number of hydrogen-bond acceptors (Lipinski definition) is 4. The first-order valence-corrected chi connectivity index (χ1v) is 5.89. The first-order valence-electron chi connectivity index (χ1n) is 5.89. The number of nitrogens with zero attached hydrogens (tertiary/aromatic N) is 2. The first-order chi connectivity index (χ1) is 8.86. The van der Waals surface area contributed by atoms with Crippen molar-refractivity contribution in [3.05, 3.63) is 29.3 Å². The maximum Gasteiger partial charge on any atom is 0.253 e. The number of benzene rings is 1. The number of hydrogen-bond donors (Lipinski definition) is 3. The maximum absolute atomic E-state index is 12.2. The van der Waals surface area contributed by atoms with E-state index in [4.69, 9.17) is 10.9 Å². The minimum Gasteiger partial charge on any atom is -0.508 e. The fourth-order valence-electron chi connectivity index (χ4n) is 1.69. The molecule has 0 spiro atoms. The summed E-state index contributed by atoms with van der Waals surface area (Å²) < 4.78 is 0. The van der Waals surface area contributed by atoms with Gasteiger partial charge in [-0.1, -0.05) is 12.1 Å². The van der Waals surface area contributed by atoms with Crippen LogP contribution < -0.4 is 5.73 Å². The van der Waals surface area contributed by atoms with Gasteiger partial charge in [-0.25, -0.2) is 0 Å². The van der Waals surface area contributed by atoms with Gasteiger partial charge in [0.15, 0.2) is 0 Å². The number of amidine groups is 1. The van der Waals surface area contributed by atoms with Crippen molar-refractivity contribution in [2.75, 3.05) is 13.6 Å². The second kappa shape index (κ2) is 6.08. The third kappa shape index (κ3) is 3.61. The van der Waals surface area contributed by atoms with E-state index >= 15 is 0 Å². The Kier molecular flexibility index (Phi) is 4.74. The predicted molar refractivity (Wildman–Crippen MR) is 72.4 cm³/mol. The summed E-state index contributed by atoms with van der Waals surface area (Å²) in [4.78, 5) is 13.7. The predicted octanol–water partition coefficient (Wildman–Crippen LogP) is 1.16. The molecule has 0 heterocycles. The summed E-state index contributed by atoms with van der Waals surface area (Å²) >= 11 is 0. The zero-order chi connectivity index (χ0) is 14.6. The summed E-state index contributed by atoms with van der Waals surface area (Å²) in [6.45, 7) is 3.83. The molecule has 1 aromatic rings. The highest BCUT2D eigenvalue weighted by Crippen LogP contribution is 2.18. The molecule has 0 aliphatic heterocycles. The van der Waals surface area contributed by atoms with Crippen LogP contribution in [-0.4, -0.2) is 40.5 Å². The van der Waals surface area contributed by atoms with Gasteiger partial charge >= 0.3 is 0 Å². The lowest BCUT2D eigenvalue weighted by atomic mass is 10.1. The molecule has 0 aliphatic carbocycles. The van der Waals surface area contributed by atoms with Gasteiger partial charge in [-0.05, 0) is 30.7 Å². The molecule has 1 atom stereocenters. The van der Waals surface area contributed by atoms with Crippen LogP contribution in [0.25, 0.3) is 0 Å². The van der Waals surface area contributed by atoms with Crippen molar-refractivity contribution >= 4 is 11.7 Å². The number of amides is 1. The molecule has 1 amide bonds. The van der Waals surface area contributed by atoms with E-state index in [0.717, 1.165) is 0 Å². The number of carbonyl (C=O) groups excluding carboxylic acids is 1.